The van der Waals surface area contributed by atoms with Crippen LogP contribution in [0.1, 0.15) is 19.3 Å². The standard InChI is InChI=1S/C10H18N2O3S/c13-10(8-1-4-11-5-2-8)12-9-3-6-16(14,15)7-9/h8-9,11H,1-7H2,(H,12,13). The Bertz CT molecular complexity index is 360. The van der Waals surface area contributed by atoms with Crippen LogP contribution >= 0.6 is 0 Å². The van der Waals surface area contributed by atoms with E-state index in [1.165, 1.54) is 0 Å². The van der Waals surface area contributed by atoms with Crippen molar-refractivity contribution in [1.82, 2.24) is 10.6 Å². The van der Waals surface area contributed by atoms with Gasteiger partial charge in [-0.3, -0.25) is 4.79 Å². The quantitative estimate of drug-likeness (QED) is 0.675. The van der Waals surface area contributed by atoms with Crippen molar-refractivity contribution in [2.45, 2.75) is 25.3 Å². The number of carbonyl (C=O) groups is 1. The van der Waals surface area contributed by atoms with E-state index in [9.17, 15) is 13.2 Å². The number of piperidine rings is 1. The number of hydrogen-bond donors (Lipinski definition) is 2. The first-order valence-electron chi connectivity index (χ1n) is 5.78. The van der Waals surface area contributed by atoms with E-state index >= 15 is 0 Å². The Hall–Kier alpha value is -0.620. The maximum Gasteiger partial charge on any atom is 0.223 e. The molecule has 2 aliphatic rings. The van der Waals surface area contributed by atoms with E-state index in [2.05, 4.69) is 10.6 Å². The van der Waals surface area contributed by atoms with Crippen molar-refractivity contribution in [3.8, 4) is 0 Å². The first kappa shape index (κ1) is 11.9. The van der Waals surface area contributed by atoms with Crippen LogP contribution in [0, 0.1) is 5.92 Å². The van der Waals surface area contributed by atoms with E-state index in [4.69, 9.17) is 0 Å². The van der Waals surface area contributed by atoms with Crippen molar-refractivity contribution in [2.24, 2.45) is 5.92 Å². The van der Waals surface area contributed by atoms with Gasteiger partial charge in [-0.15, -0.1) is 0 Å². The summed E-state index contributed by atoms with van der Waals surface area (Å²) in [5.74, 6) is 0.418. The lowest BCUT2D eigenvalue weighted by molar-refractivity contribution is -0.126. The van der Waals surface area contributed by atoms with Gasteiger partial charge in [-0.2, -0.15) is 0 Å². The summed E-state index contributed by atoms with van der Waals surface area (Å²) >= 11 is 0. The van der Waals surface area contributed by atoms with Crippen LogP contribution in [-0.4, -0.2) is 45.0 Å². The molecular weight excluding hydrogens is 228 g/mol. The predicted molar refractivity (Wildman–Crippen MR) is 60.8 cm³/mol. The molecule has 92 valence electrons. The lowest BCUT2D eigenvalue weighted by Gasteiger charge is -2.23. The van der Waals surface area contributed by atoms with Crippen molar-refractivity contribution in [1.29, 1.82) is 0 Å². The molecule has 5 nitrogen and oxygen atoms in total. The zero-order chi connectivity index (χ0) is 11.6. The van der Waals surface area contributed by atoms with E-state index in [0.717, 1.165) is 25.9 Å². The van der Waals surface area contributed by atoms with Gasteiger partial charge in [-0.05, 0) is 32.4 Å². The minimum atomic E-state index is -2.90. The molecule has 0 aromatic carbocycles. The molecule has 1 unspecified atom stereocenters. The van der Waals surface area contributed by atoms with Crippen molar-refractivity contribution < 1.29 is 13.2 Å². The number of nitrogens with one attached hydrogen (secondary N) is 2. The second-order valence-corrected chi connectivity index (χ2v) is 6.86. The molecule has 0 aliphatic carbocycles. The van der Waals surface area contributed by atoms with E-state index in [1.807, 2.05) is 0 Å². The van der Waals surface area contributed by atoms with Gasteiger partial charge in [0.05, 0.1) is 11.5 Å². The first-order valence-corrected chi connectivity index (χ1v) is 7.60. The second kappa shape index (κ2) is 4.71. The summed E-state index contributed by atoms with van der Waals surface area (Å²) in [5.41, 5.74) is 0. The minimum Gasteiger partial charge on any atom is -0.352 e. The molecule has 0 bridgehead atoms. The van der Waals surface area contributed by atoms with Crippen molar-refractivity contribution in [3.05, 3.63) is 0 Å². The van der Waals surface area contributed by atoms with Gasteiger partial charge in [0.15, 0.2) is 9.84 Å². The Kier molecular flexibility index (Phi) is 3.49. The molecule has 2 saturated heterocycles. The summed E-state index contributed by atoms with van der Waals surface area (Å²) in [5, 5.41) is 6.06. The van der Waals surface area contributed by atoms with Gasteiger partial charge < -0.3 is 10.6 Å². The highest BCUT2D eigenvalue weighted by Crippen LogP contribution is 2.15. The van der Waals surface area contributed by atoms with Gasteiger partial charge in [0.25, 0.3) is 0 Å². The average molecular weight is 246 g/mol. The SMILES string of the molecule is O=C(NC1CCS(=O)(=O)C1)C1CCNCC1. The second-order valence-electron chi connectivity index (χ2n) is 4.63. The third-order valence-corrected chi connectivity index (χ3v) is 5.06. The Morgan fingerprint density at radius 1 is 1.19 bits per heavy atom. The molecule has 0 radical (unpaired) electrons. The third-order valence-electron chi connectivity index (χ3n) is 3.29. The van der Waals surface area contributed by atoms with Crippen LogP contribution in [0.15, 0.2) is 0 Å². The molecule has 2 aliphatic heterocycles. The molecule has 2 N–H and O–H groups in total. The zero-order valence-corrected chi connectivity index (χ0v) is 10.1. The van der Waals surface area contributed by atoms with Crippen LogP contribution in [-0.2, 0) is 14.6 Å². The van der Waals surface area contributed by atoms with E-state index in [0.29, 0.717) is 6.42 Å². The summed E-state index contributed by atoms with van der Waals surface area (Å²) in [6, 6.07) is -0.160. The fourth-order valence-corrected chi connectivity index (χ4v) is 3.99. The number of carbonyl (C=O) groups excluding carboxylic acids is 1. The molecule has 1 amide bonds. The van der Waals surface area contributed by atoms with Gasteiger partial charge in [-0.25, -0.2) is 8.42 Å². The highest BCUT2D eigenvalue weighted by Gasteiger charge is 2.31. The molecule has 0 aromatic heterocycles. The Morgan fingerprint density at radius 3 is 2.44 bits per heavy atom. The minimum absolute atomic E-state index is 0.0311. The maximum absolute atomic E-state index is 11.8. The van der Waals surface area contributed by atoms with Crippen LogP contribution in [0.25, 0.3) is 0 Å². The smallest absolute Gasteiger partial charge is 0.223 e. The van der Waals surface area contributed by atoms with E-state index < -0.39 is 9.84 Å². The lowest BCUT2D eigenvalue weighted by Crippen LogP contribution is -2.43. The fraction of sp³-hybridized carbons (Fsp3) is 0.900. The van der Waals surface area contributed by atoms with Gasteiger partial charge in [0, 0.05) is 12.0 Å². The zero-order valence-electron chi connectivity index (χ0n) is 9.24. The van der Waals surface area contributed by atoms with Gasteiger partial charge >= 0.3 is 0 Å². The van der Waals surface area contributed by atoms with Crippen molar-refractivity contribution in [2.75, 3.05) is 24.6 Å². The Labute approximate surface area is 95.9 Å². The molecule has 16 heavy (non-hydrogen) atoms. The van der Waals surface area contributed by atoms with Gasteiger partial charge in [0.1, 0.15) is 0 Å². The molecule has 0 aromatic rings. The highest BCUT2D eigenvalue weighted by molar-refractivity contribution is 7.91. The molecular formula is C10H18N2O3S. The number of hydrogen-bond acceptors (Lipinski definition) is 4. The molecule has 2 rings (SSSR count). The number of rotatable bonds is 2. The van der Waals surface area contributed by atoms with E-state index in [1.54, 1.807) is 0 Å². The van der Waals surface area contributed by atoms with E-state index in [-0.39, 0.29) is 29.4 Å². The topological polar surface area (TPSA) is 75.3 Å². The molecule has 2 heterocycles. The number of amides is 1. The summed E-state index contributed by atoms with van der Waals surface area (Å²) in [4.78, 5) is 11.8. The number of sulfone groups is 1. The van der Waals surface area contributed by atoms with Gasteiger partial charge in [0.2, 0.25) is 5.91 Å². The summed E-state index contributed by atoms with van der Waals surface area (Å²) < 4.78 is 22.5. The van der Waals surface area contributed by atoms with Crippen LogP contribution in [0.2, 0.25) is 0 Å². The summed E-state index contributed by atoms with van der Waals surface area (Å²) in [6.45, 7) is 1.75. The van der Waals surface area contributed by atoms with Crippen LogP contribution in [0.3, 0.4) is 0 Å². The van der Waals surface area contributed by atoms with Crippen molar-refractivity contribution >= 4 is 15.7 Å². The van der Waals surface area contributed by atoms with Crippen LogP contribution < -0.4 is 10.6 Å². The maximum atomic E-state index is 11.8. The lowest BCUT2D eigenvalue weighted by atomic mass is 9.97. The largest absolute Gasteiger partial charge is 0.352 e. The normalized spacial score (nSPS) is 30.1. The molecule has 2 fully saturated rings. The monoisotopic (exact) mass is 246 g/mol. The first-order chi connectivity index (χ1) is 7.57. The molecule has 6 heteroatoms. The predicted octanol–water partition coefficient (Wildman–Crippen LogP) is -0.711. The summed E-state index contributed by atoms with van der Waals surface area (Å²) in [7, 11) is -2.90. The molecule has 0 spiro atoms. The van der Waals surface area contributed by atoms with Gasteiger partial charge in [-0.1, -0.05) is 0 Å². The fourth-order valence-electron chi connectivity index (χ4n) is 2.31. The molecule has 0 saturated carbocycles. The Balaban J connectivity index is 1.83. The molecule has 1 atom stereocenters. The van der Waals surface area contributed by atoms with Crippen LogP contribution in [0.5, 0.6) is 0 Å². The van der Waals surface area contributed by atoms with Crippen molar-refractivity contribution in [3.63, 3.8) is 0 Å². The summed E-state index contributed by atoms with van der Waals surface area (Å²) in [6.07, 6.45) is 2.27. The van der Waals surface area contributed by atoms with Crippen LogP contribution in [0.4, 0.5) is 0 Å². The Morgan fingerprint density at radius 2 is 1.88 bits per heavy atom. The average Bonchev–Trinajstić information content (AvgIpc) is 2.59. The third kappa shape index (κ3) is 2.95. The highest BCUT2D eigenvalue weighted by atomic mass is 32.2.